The molecule has 0 bridgehead atoms. The summed E-state index contributed by atoms with van der Waals surface area (Å²) in [5.74, 6) is 2.16. The Labute approximate surface area is 151 Å². The van der Waals surface area contributed by atoms with Crippen molar-refractivity contribution in [2.45, 2.75) is 19.6 Å². The first kappa shape index (κ1) is 15.1. The van der Waals surface area contributed by atoms with Crippen LogP contribution in [0.3, 0.4) is 0 Å². The normalized spacial score (nSPS) is 14.8. The van der Waals surface area contributed by atoms with Crippen molar-refractivity contribution in [3.8, 4) is 11.5 Å². The molecule has 0 spiro atoms. The Kier molecular flexibility index (Phi) is 3.49. The van der Waals surface area contributed by atoms with Crippen LogP contribution in [0.15, 0.2) is 71.7 Å². The first-order valence-corrected chi connectivity index (χ1v) is 8.69. The van der Waals surface area contributed by atoms with Gasteiger partial charge in [0.15, 0.2) is 0 Å². The maximum absolute atomic E-state index is 13.0. The van der Waals surface area contributed by atoms with Gasteiger partial charge in [0.05, 0.1) is 6.54 Å². The van der Waals surface area contributed by atoms with Gasteiger partial charge >= 0.3 is 0 Å². The minimum atomic E-state index is -0.268. The fraction of sp³-hybridized carbons (Fsp3) is 0.136. The first-order chi connectivity index (χ1) is 12.8. The zero-order chi connectivity index (χ0) is 17.5. The van der Waals surface area contributed by atoms with Crippen LogP contribution in [0.1, 0.15) is 22.3 Å². The zero-order valence-electron chi connectivity index (χ0n) is 14.2. The van der Waals surface area contributed by atoms with Gasteiger partial charge in [0.1, 0.15) is 23.2 Å². The van der Waals surface area contributed by atoms with E-state index in [9.17, 15) is 4.39 Å². The highest BCUT2D eigenvalue weighted by atomic mass is 19.1. The highest BCUT2D eigenvalue weighted by Gasteiger charge is 2.26. The van der Waals surface area contributed by atoms with E-state index in [1.165, 1.54) is 28.8 Å². The monoisotopic (exact) mass is 344 g/mol. The van der Waals surface area contributed by atoms with E-state index in [4.69, 9.17) is 9.73 Å². The molecule has 2 aliphatic heterocycles. The lowest BCUT2D eigenvalue weighted by Crippen LogP contribution is -2.25. The molecule has 2 heterocycles. The largest absolute Gasteiger partial charge is 0.457 e. The molecule has 0 aliphatic carbocycles. The second-order valence-electron chi connectivity index (χ2n) is 6.64. The molecule has 0 saturated carbocycles. The Morgan fingerprint density at radius 1 is 0.808 bits per heavy atom. The molecule has 0 aromatic heterocycles. The Balaban J connectivity index is 1.36. The van der Waals surface area contributed by atoms with Crippen LogP contribution < -0.4 is 4.74 Å². The number of rotatable bonds is 2. The van der Waals surface area contributed by atoms with Crippen LogP contribution in [-0.2, 0) is 19.6 Å². The SMILES string of the molecule is Fc1ccc(Oc2ccc3c(c2)CN=C3N2Cc3ccccc3C2)cc1. The summed E-state index contributed by atoms with van der Waals surface area (Å²) in [6.07, 6.45) is 0. The van der Waals surface area contributed by atoms with Crippen LogP contribution in [0.2, 0.25) is 0 Å². The van der Waals surface area contributed by atoms with Gasteiger partial charge in [-0.2, -0.15) is 0 Å². The van der Waals surface area contributed by atoms with Crippen molar-refractivity contribution in [2.75, 3.05) is 0 Å². The van der Waals surface area contributed by atoms with Crippen LogP contribution >= 0.6 is 0 Å². The minimum Gasteiger partial charge on any atom is -0.457 e. The van der Waals surface area contributed by atoms with E-state index in [0.717, 1.165) is 30.2 Å². The van der Waals surface area contributed by atoms with Gasteiger partial charge in [0.2, 0.25) is 0 Å². The van der Waals surface area contributed by atoms with E-state index in [2.05, 4.69) is 35.2 Å². The molecular formula is C22H17FN2O. The predicted octanol–water partition coefficient (Wildman–Crippen LogP) is 4.89. The van der Waals surface area contributed by atoms with Crippen LogP contribution in [-0.4, -0.2) is 10.7 Å². The summed E-state index contributed by atoms with van der Waals surface area (Å²) < 4.78 is 18.9. The number of aliphatic imine (C=N–C) groups is 1. The Morgan fingerprint density at radius 2 is 1.50 bits per heavy atom. The van der Waals surface area contributed by atoms with Gasteiger partial charge < -0.3 is 9.64 Å². The summed E-state index contributed by atoms with van der Waals surface area (Å²) in [6.45, 7) is 2.47. The first-order valence-electron chi connectivity index (χ1n) is 8.69. The lowest BCUT2D eigenvalue weighted by molar-refractivity contribution is 0.448. The average molecular weight is 344 g/mol. The lowest BCUT2D eigenvalue weighted by Gasteiger charge is -2.18. The summed E-state index contributed by atoms with van der Waals surface area (Å²) in [5.41, 5.74) is 5.08. The van der Waals surface area contributed by atoms with Gasteiger partial charge in [-0.1, -0.05) is 24.3 Å². The Bertz CT molecular complexity index is 986. The number of benzene rings is 3. The molecule has 2 aliphatic rings. The van der Waals surface area contributed by atoms with Gasteiger partial charge in [-0.05, 0) is 59.2 Å². The van der Waals surface area contributed by atoms with Gasteiger partial charge in [-0.25, -0.2) is 4.39 Å². The summed E-state index contributed by atoms with van der Waals surface area (Å²) >= 11 is 0. The lowest BCUT2D eigenvalue weighted by atomic mass is 10.1. The molecule has 4 heteroatoms. The molecule has 0 amide bonds. The molecule has 0 unspecified atom stereocenters. The smallest absolute Gasteiger partial charge is 0.132 e. The molecule has 3 nitrogen and oxygen atoms in total. The number of amidine groups is 1. The second-order valence-corrected chi connectivity index (χ2v) is 6.64. The molecule has 3 aromatic carbocycles. The molecule has 5 rings (SSSR count). The van der Waals surface area contributed by atoms with Gasteiger partial charge in [0.25, 0.3) is 0 Å². The van der Waals surface area contributed by atoms with E-state index in [1.807, 2.05) is 12.1 Å². The third-order valence-corrected chi connectivity index (χ3v) is 4.91. The molecular weight excluding hydrogens is 327 g/mol. The van der Waals surface area contributed by atoms with E-state index >= 15 is 0 Å². The Hall–Kier alpha value is -3.14. The third kappa shape index (κ3) is 2.64. The number of nitrogens with zero attached hydrogens (tertiary/aromatic N) is 2. The summed E-state index contributed by atoms with van der Waals surface area (Å²) in [5, 5.41) is 0. The molecule has 3 aromatic rings. The fourth-order valence-corrected chi connectivity index (χ4v) is 3.62. The standard InChI is InChI=1S/C22H17FN2O/c23-18-5-7-19(8-6-18)26-20-9-10-21-17(11-20)12-24-22(21)25-13-15-3-1-2-4-16(15)14-25/h1-11H,12-14H2. The molecule has 128 valence electrons. The summed E-state index contributed by atoms with van der Waals surface area (Å²) in [7, 11) is 0. The maximum Gasteiger partial charge on any atom is 0.132 e. The average Bonchev–Trinajstić information content (AvgIpc) is 3.26. The molecule has 0 saturated heterocycles. The number of ether oxygens (including phenoxy) is 1. The zero-order valence-corrected chi connectivity index (χ0v) is 14.2. The van der Waals surface area contributed by atoms with Crippen molar-refractivity contribution in [3.05, 3.63) is 94.8 Å². The van der Waals surface area contributed by atoms with Crippen molar-refractivity contribution < 1.29 is 9.13 Å². The van der Waals surface area contributed by atoms with Crippen LogP contribution in [0.4, 0.5) is 4.39 Å². The Morgan fingerprint density at radius 3 is 2.23 bits per heavy atom. The van der Waals surface area contributed by atoms with E-state index in [1.54, 1.807) is 12.1 Å². The fourth-order valence-electron chi connectivity index (χ4n) is 3.62. The van der Waals surface area contributed by atoms with Gasteiger partial charge in [-0.15, -0.1) is 0 Å². The number of fused-ring (bicyclic) bond motifs is 2. The summed E-state index contributed by atoms with van der Waals surface area (Å²) in [4.78, 5) is 7.10. The van der Waals surface area contributed by atoms with Crippen molar-refractivity contribution >= 4 is 5.84 Å². The molecule has 0 fully saturated rings. The number of halogens is 1. The predicted molar refractivity (Wildman–Crippen MR) is 98.8 cm³/mol. The minimum absolute atomic E-state index is 0.268. The van der Waals surface area contributed by atoms with E-state index in [-0.39, 0.29) is 5.82 Å². The van der Waals surface area contributed by atoms with Crippen molar-refractivity contribution in [2.24, 2.45) is 4.99 Å². The molecule has 26 heavy (non-hydrogen) atoms. The molecule has 0 radical (unpaired) electrons. The summed E-state index contributed by atoms with van der Waals surface area (Å²) in [6, 6.07) is 20.7. The maximum atomic E-state index is 13.0. The van der Waals surface area contributed by atoms with Gasteiger partial charge in [-0.3, -0.25) is 4.99 Å². The number of hydrogen-bond acceptors (Lipinski definition) is 3. The third-order valence-electron chi connectivity index (χ3n) is 4.91. The topological polar surface area (TPSA) is 24.8 Å². The number of hydrogen-bond donors (Lipinski definition) is 0. The van der Waals surface area contributed by atoms with E-state index < -0.39 is 0 Å². The van der Waals surface area contributed by atoms with E-state index in [0.29, 0.717) is 12.3 Å². The van der Waals surface area contributed by atoms with Crippen molar-refractivity contribution in [1.29, 1.82) is 0 Å². The quantitative estimate of drug-likeness (QED) is 0.661. The van der Waals surface area contributed by atoms with Crippen LogP contribution in [0.5, 0.6) is 11.5 Å². The van der Waals surface area contributed by atoms with Crippen LogP contribution in [0, 0.1) is 5.82 Å². The van der Waals surface area contributed by atoms with Crippen molar-refractivity contribution in [1.82, 2.24) is 4.90 Å². The highest BCUT2D eigenvalue weighted by molar-refractivity contribution is 6.02. The molecule has 0 atom stereocenters. The highest BCUT2D eigenvalue weighted by Crippen LogP contribution is 2.31. The second kappa shape index (κ2) is 5.99. The van der Waals surface area contributed by atoms with Crippen molar-refractivity contribution in [3.63, 3.8) is 0 Å². The molecule has 0 N–H and O–H groups in total. The van der Waals surface area contributed by atoms with Crippen LogP contribution in [0.25, 0.3) is 0 Å². The van der Waals surface area contributed by atoms with Gasteiger partial charge in [0, 0.05) is 18.7 Å².